The van der Waals surface area contributed by atoms with Crippen LogP contribution in [0.5, 0.6) is 11.5 Å². The van der Waals surface area contributed by atoms with Gasteiger partial charge >= 0.3 is 12.1 Å². The lowest BCUT2D eigenvalue weighted by molar-refractivity contribution is -0.138. The molecule has 11 heteroatoms. The van der Waals surface area contributed by atoms with Crippen LogP contribution in [0.15, 0.2) is 84.0 Å². The molecule has 0 aromatic heterocycles. The standard InChI is InChI=1S/C34H34F3N3O5/c1-21(30-19-28(34(35,36)37)12-14-31(30)45-4)39-40(20-23-5-6-27-18-29(44-3)13-11-26(27)17-23)22(2)24-7-9-25(10-8-24)33(43)38-16-15-32(41)42/h5-14,17-19,22H,15-16,20H2,1-4H3,(H,38,43)(H,41,42)/b39-21+. The van der Waals surface area contributed by atoms with Crippen molar-refractivity contribution < 1.29 is 37.3 Å². The Morgan fingerprint density at radius 2 is 1.62 bits per heavy atom. The molecular formula is C34H34F3N3O5. The van der Waals surface area contributed by atoms with Crippen molar-refractivity contribution in [3.8, 4) is 11.5 Å². The minimum Gasteiger partial charge on any atom is -0.497 e. The minimum atomic E-state index is -4.54. The fourth-order valence-electron chi connectivity index (χ4n) is 4.83. The van der Waals surface area contributed by atoms with E-state index in [0.29, 0.717) is 17.8 Å². The van der Waals surface area contributed by atoms with Gasteiger partial charge in [-0.25, -0.2) is 0 Å². The molecule has 0 spiro atoms. The first kappa shape index (κ1) is 32.8. The second-order valence-corrected chi connectivity index (χ2v) is 10.4. The molecule has 1 atom stereocenters. The molecule has 4 aromatic rings. The van der Waals surface area contributed by atoms with E-state index in [4.69, 9.17) is 19.7 Å². The van der Waals surface area contributed by atoms with E-state index >= 15 is 0 Å². The van der Waals surface area contributed by atoms with Gasteiger partial charge in [-0.3, -0.25) is 14.6 Å². The summed E-state index contributed by atoms with van der Waals surface area (Å²) in [5.74, 6) is -0.413. The summed E-state index contributed by atoms with van der Waals surface area (Å²) < 4.78 is 51.4. The van der Waals surface area contributed by atoms with E-state index in [1.54, 1.807) is 43.3 Å². The third-order valence-corrected chi connectivity index (χ3v) is 7.38. The summed E-state index contributed by atoms with van der Waals surface area (Å²) in [5.41, 5.74) is 1.81. The fourth-order valence-corrected chi connectivity index (χ4v) is 4.83. The Kier molecular flexibility index (Phi) is 10.3. The van der Waals surface area contributed by atoms with E-state index in [2.05, 4.69) is 5.32 Å². The highest BCUT2D eigenvalue weighted by molar-refractivity contribution is 6.01. The van der Waals surface area contributed by atoms with Crippen molar-refractivity contribution in [2.24, 2.45) is 5.10 Å². The first-order valence-corrected chi connectivity index (χ1v) is 14.1. The first-order valence-electron chi connectivity index (χ1n) is 14.1. The molecule has 0 saturated carbocycles. The second kappa shape index (κ2) is 14.1. The van der Waals surface area contributed by atoms with Crippen LogP contribution in [0.2, 0.25) is 0 Å². The molecule has 4 rings (SSSR count). The topological polar surface area (TPSA) is 100 Å². The molecule has 45 heavy (non-hydrogen) atoms. The third kappa shape index (κ3) is 8.31. The molecule has 0 fully saturated rings. The number of carbonyl (C=O) groups excluding carboxylic acids is 1. The van der Waals surface area contributed by atoms with Crippen LogP contribution in [0.4, 0.5) is 13.2 Å². The quantitative estimate of drug-likeness (QED) is 0.130. The molecule has 0 aliphatic heterocycles. The molecule has 2 N–H and O–H groups in total. The number of hydrogen-bond donors (Lipinski definition) is 2. The smallest absolute Gasteiger partial charge is 0.416 e. The average molecular weight is 622 g/mol. The Labute approximate surface area is 259 Å². The molecule has 0 saturated heterocycles. The zero-order chi connectivity index (χ0) is 32.7. The summed E-state index contributed by atoms with van der Waals surface area (Å²) in [6, 6.07) is 21.4. The van der Waals surface area contributed by atoms with Crippen LogP contribution in [0.25, 0.3) is 10.8 Å². The number of carboxylic acids is 1. The lowest BCUT2D eigenvalue weighted by atomic mass is 10.0. The number of methoxy groups -OCH3 is 2. The van der Waals surface area contributed by atoms with Crippen LogP contribution in [0.3, 0.4) is 0 Å². The highest BCUT2D eigenvalue weighted by atomic mass is 19.4. The Morgan fingerprint density at radius 1 is 0.933 bits per heavy atom. The summed E-state index contributed by atoms with van der Waals surface area (Å²) in [5, 5.41) is 20.0. The van der Waals surface area contributed by atoms with E-state index in [0.717, 1.165) is 39.8 Å². The van der Waals surface area contributed by atoms with Gasteiger partial charge in [0.15, 0.2) is 0 Å². The number of benzene rings is 4. The van der Waals surface area contributed by atoms with E-state index in [1.807, 2.05) is 43.3 Å². The number of nitrogens with one attached hydrogen (secondary N) is 1. The van der Waals surface area contributed by atoms with Crippen molar-refractivity contribution in [3.05, 3.63) is 107 Å². The van der Waals surface area contributed by atoms with Crippen molar-refractivity contribution in [1.29, 1.82) is 0 Å². The number of alkyl halides is 3. The van der Waals surface area contributed by atoms with E-state index in [9.17, 15) is 22.8 Å². The van der Waals surface area contributed by atoms with Crippen LogP contribution in [-0.4, -0.2) is 48.5 Å². The number of hydrogen-bond acceptors (Lipinski definition) is 6. The monoisotopic (exact) mass is 621 g/mol. The molecular weight excluding hydrogens is 587 g/mol. The zero-order valence-corrected chi connectivity index (χ0v) is 25.3. The van der Waals surface area contributed by atoms with Gasteiger partial charge in [0.1, 0.15) is 11.5 Å². The highest BCUT2D eigenvalue weighted by Gasteiger charge is 2.31. The number of carboxylic acid groups (broad SMARTS) is 1. The molecule has 1 unspecified atom stereocenters. The second-order valence-electron chi connectivity index (χ2n) is 10.4. The molecule has 0 aliphatic carbocycles. The van der Waals surface area contributed by atoms with Crippen molar-refractivity contribution in [1.82, 2.24) is 10.3 Å². The van der Waals surface area contributed by atoms with Crippen LogP contribution in [0.1, 0.15) is 58.9 Å². The SMILES string of the molecule is COc1ccc2cc(CN(/N=C(\C)c3cc(C(F)(F)F)ccc3OC)C(C)c3ccc(C(=O)NCCC(=O)O)cc3)ccc2c1. The molecule has 0 radical (unpaired) electrons. The molecule has 236 valence electrons. The number of carbonyl (C=O) groups is 2. The van der Waals surface area contributed by atoms with Gasteiger partial charge in [-0.1, -0.05) is 30.3 Å². The van der Waals surface area contributed by atoms with Gasteiger partial charge in [0.2, 0.25) is 0 Å². The lowest BCUT2D eigenvalue weighted by Crippen LogP contribution is -2.26. The van der Waals surface area contributed by atoms with E-state index in [-0.39, 0.29) is 30.3 Å². The van der Waals surface area contributed by atoms with Crippen LogP contribution in [0, 0.1) is 0 Å². The molecule has 0 aliphatic rings. The van der Waals surface area contributed by atoms with Crippen LogP contribution in [-0.2, 0) is 17.5 Å². The highest BCUT2D eigenvalue weighted by Crippen LogP contribution is 2.34. The molecule has 0 bridgehead atoms. The predicted molar refractivity (Wildman–Crippen MR) is 166 cm³/mol. The normalized spacial score (nSPS) is 12.5. The van der Waals surface area contributed by atoms with Gasteiger partial charge in [0.25, 0.3) is 5.91 Å². The third-order valence-electron chi connectivity index (χ3n) is 7.38. The maximum atomic E-state index is 13.6. The number of hydrazone groups is 1. The van der Waals surface area contributed by atoms with Gasteiger partial charge in [-0.15, -0.1) is 0 Å². The Bertz CT molecular complexity index is 1700. The number of aliphatic carboxylic acids is 1. The summed E-state index contributed by atoms with van der Waals surface area (Å²) in [4.78, 5) is 23.2. The van der Waals surface area contributed by atoms with Crippen molar-refractivity contribution in [2.75, 3.05) is 20.8 Å². The average Bonchev–Trinajstić information content (AvgIpc) is 3.02. The summed E-state index contributed by atoms with van der Waals surface area (Å²) >= 11 is 0. The maximum absolute atomic E-state index is 13.6. The van der Waals surface area contributed by atoms with Gasteiger partial charge in [-0.05, 0) is 84.3 Å². The predicted octanol–water partition coefficient (Wildman–Crippen LogP) is 7.07. The van der Waals surface area contributed by atoms with Crippen LogP contribution < -0.4 is 14.8 Å². The largest absolute Gasteiger partial charge is 0.497 e. The fraction of sp³-hybridized carbons (Fsp3) is 0.265. The Morgan fingerprint density at radius 3 is 2.27 bits per heavy atom. The molecule has 1 amide bonds. The Hall–Kier alpha value is -5.06. The van der Waals surface area contributed by atoms with E-state index in [1.165, 1.54) is 13.2 Å². The number of amides is 1. The van der Waals surface area contributed by atoms with Crippen LogP contribution >= 0.6 is 0 Å². The van der Waals surface area contributed by atoms with Gasteiger partial charge < -0.3 is 19.9 Å². The number of halogens is 3. The zero-order valence-electron chi connectivity index (χ0n) is 25.3. The number of nitrogens with zero attached hydrogens (tertiary/aromatic N) is 2. The summed E-state index contributed by atoms with van der Waals surface area (Å²) in [6.45, 7) is 3.87. The van der Waals surface area contributed by atoms with Gasteiger partial charge in [0.05, 0.1) is 44.5 Å². The number of ether oxygens (including phenoxy) is 2. The van der Waals surface area contributed by atoms with Gasteiger partial charge in [-0.2, -0.15) is 18.3 Å². The van der Waals surface area contributed by atoms with Crippen molar-refractivity contribution >= 4 is 28.4 Å². The number of fused-ring (bicyclic) bond motifs is 1. The van der Waals surface area contributed by atoms with E-state index < -0.39 is 23.6 Å². The minimum absolute atomic E-state index is 0.00559. The Balaban J connectivity index is 1.69. The lowest BCUT2D eigenvalue weighted by Gasteiger charge is -2.28. The molecule has 8 nitrogen and oxygen atoms in total. The summed E-state index contributed by atoms with van der Waals surface area (Å²) in [6.07, 6.45) is -4.73. The maximum Gasteiger partial charge on any atom is 0.416 e. The van der Waals surface area contributed by atoms with Crippen molar-refractivity contribution in [2.45, 2.75) is 39.0 Å². The first-order chi connectivity index (χ1) is 21.4. The van der Waals surface area contributed by atoms with Crippen molar-refractivity contribution in [3.63, 3.8) is 0 Å². The number of rotatable bonds is 12. The molecule has 4 aromatic carbocycles. The summed E-state index contributed by atoms with van der Waals surface area (Å²) in [7, 11) is 3.00. The van der Waals surface area contributed by atoms with Gasteiger partial charge in [0, 0.05) is 17.7 Å². The molecule has 0 heterocycles.